The number of likely N-dealkylation sites (N-methyl/N-ethyl adjacent to an activating group) is 1. The van der Waals surface area contributed by atoms with Crippen LogP contribution < -0.4 is 15.1 Å². The van der Waals surface area contributed by atoms with E-state index in [1.165, 1.54) is 24.9 Å². The van der Waals surface area contributed by atoms with E-state index in [9.17, 15) is 4.79 Å². The van der Waals surface area contributed by atoms with Crippen LogP contribution in [0, 0.1) is 0 Å². The van der Waals surface area contributed by atoms with Crippen LogP contribution in [0.25, 0.3) is 0 Å². The maximum Gasteiger partial charge on any atom is 0.275 e. The van der Waals surface area contributed by atoms with Crippen LogP contribution in [0.4, 0.5) is 17.2 Å². The van der Waals surface area contributed by atoms with Gasteiger partial charge in [-0.05, 0) is 50.1 Å². The Hall–Kier alpha value is -2.67. The van der Waals surface area contributed by atoms with Crippen molar-refractivity contribution in [3.8, 4) is 0 Å². The number of carbonyl (C=O) groups is 1. The molecule has 0 bridgehead atoms. The van der Waals surface area contributed by atoms with Gasteiger partial charge in [-0.15, -0.1) is 0 Å². The summed E-state index contributed by atoms with van der Waals surface area (Å²) in [6, 6.07) is 8.06. The lowest BCUT2D eigenvalue weighted by molar-refractivity contribution is 0.102. The minimum Gasteiger partial charge on any atom is -0.372 e. The summed E-state index contributed by atoms with van der Waals surface area (Å²) < 4.78 is 0. The SMILES string of the molecule is CCN1CCN(c2cnc(C(=O)Nc3ccc(N4CCCCC4)cc3)cn2)CC1. The van der Waals surface area contributed by atoms with Gasteiger partial charge in [-0.1, -0.05) is 6.92 Å². The predicted octanol–water partition coefficient (Wildman–Crippen LogP) is 2.86. The standard InChI is InChI=1S/C22H30N6O/c1-2-26-12-14-28(15-13-26)21-17-23-20(16-24-21)22(29)25-18-6-8-19(9-7-18)27-10-4-3-5-11-27/h6-9,16-17H,2-5,10-15H2,1H3,(H,25,29). The predicted molar refractivity (Wildman–Crippen MR) is 117 cm³/mol. The zero-order chi connectivity index (χ0) is 20.1. The minimum absolute atomic E-state index is 0.231. The van der Waals surface area contributed by atoms with Crippen molar-refractivity contribution < 1.29 is 4.79 Å². The zero-order valence-corrected chi connectivity index (χ0v) is 17.2. The Morgan fingerprint density at radius 3 is 2.24 bits per heavy atom. The third kappa shape index (κ3) is 4.85. The third-order valence-electron chi connectivity index (χ3n) is 5.86. The highest BCUT2D eigenvalue weighted by Gasteiger charge is 2.18. The summed E-state index contributed by atoms with van der Waals surface area (Å²) in [5.41, 5.74) is 2.33. The highest BCUT2D eigenvalue weighted by molar-refractivity contribution is 6.02. The molecule has 0 saturated carbocycles. The Morgan fingerprint density at radius 1 is 0.897 bits per heavy atom. The number of hydrogen-bond donors (Lipinski definition) is 1. The van der Waals surface area contributed by atoms with E-state index in [-0.39, 0.29) is 5.91 Å². The molecule has 0 aliphatic carbocycles. The lowest BCUT2D eigenvalue weighted by Crippen LogP contribution is -2.46. The van der Waals surface area contributed by atoms with E-state index in [4.69, 9.17) is 0 Å². The van der Waals surface area contributed by atoms with Gasteiger partial charge in [0.25, 0.3) is 5.91 Å². The van der Waals surface area contributed by atoms with Crippen molar-refractivity contribution in [3.05, 3.63) is 42.4 Å². The molecular formula is C22H30N6O. The summed E-state index contributed by atoms with van der Waals surface area (Å²) in [7, 11) is 0. The molecule has 154 valence electrons. The fourth-order valence-electron chi connectivity index (χ4n) is 4.00. The van der Waals surface area contributed by atoms with Crippen molar-refractivity contribution in [1.82, 2.24) is 14.9 Å². The molecule has 1 amide bonds. The number of hydrogen-bond acceptors (Lipinski definition) is 6. The van der Waals surface area contributed by atoms with E-state index in [1.54, 1.807) is 12.4 Å². The average molecular weight is 395 g/mol. The lowest BCUT2D eigenvalue weighted by atomic mass is 10.1. The number of rotatable bonds is 5. The van der Waals surface area contributed by atoms with E-state index in [0.717, 1.165) is 57.3 Å². The van der Waals surface area contributed by atoms with Gasteiger partial charge in [0.2, 0.25) is 0 Å². The maximum absolute atomic E-state index is 12.5. The molecule has 0 atom stereocenters. The van der Waals surface area contributed by atoms with Crippen molar-refractivity contribution in [1.29, 1.82) is 0 Å². The van der Waals surface area contributed by atoms with Crippen molar-refractivity contribution >= 4 is 23.1 Å². The second kappa shape index (κ2) is 9.22. The van der Waals surface area contributed by atoms with Gasteiger partial charge in [0.15, 0.2) is 0 Å². The summed E-state index contributed by atoms with van der Waals surface area (Å²) in [6.45, 7) is 9.44. The van der Waals surface area contributed by atoms with E-state index in [1.807, 2.05) is 12.1 Å². The first-order chi connectivity index (χ1) is 14.2. The van der Waals surface area contributed by atoms with Gasteiger partial charge >= 0.3 is 0 Å². The molecular weight excluding hydrogens is 364 g/mol. The number of benzene rings is 1. The van der Waals surface area contributed by atoms with Crippen LogP contribution >= 0.6 is 0 Å². The summed E-state index contributed by atoms with van der Waals surface area (Å²) in [4.78, 5) is 28.4. The monoisotopic (exact) mass is 394 g/mol. The van der Waals surface area contributed by atoms with Crippen LogP contribution in [0.2, 0.25) is 0 Å². The largest absolute Gasteiger partial charge is 0.372 e. The highest BCUT2D eigenvalue weighted by atomic mass is 16.1. The van der Waals surface area contributed by atoms with Crippen LogP contribution in [-0.2, 0) is 0 Å². The molecule has 2 fully saturated rings. The Balaban J connectivity index is 1.33. The first-order valence-electron chi connectivity index (χ1n) is 10.7. The number of anilines is 3. The van der Waals surface area contributed by atoms with Crippen LogP contribution in [0.15, 0.2) is 36.7 Å². The Morgan fingerprint density at radius 2 is 1.62 bits per heavy atom. The summed E-state index contributed by atoms with van der Waals surface area (Å²) in [6.07, 6.45) is 7.09. The molecule has 3 heterocycles. The Labute approximate surface area is 172 Å². The molecule has 2 saturated heterocycles. The Bertz CT molecular complexity index is 793. The van der Waals surface area contributed by atoms with Gasteiger partial charge in [-0.3, -0.25) is 4.79 Å². The lowest BCUT2D eigenvalue weighted by Gasteiger charge is -2.34. The molecule has 1 aromatic carbocycles. The number of nitrogens with zero attached hydrogens (tertiary/aromatic N) is 5. The molecule has 1 aromatic heterocycles. The van der Waals surface area contributed by atoms with Gasteiger partial charge < -0.3 is 20.0 Å². The molecule has 0 spiro atoms. The van der Waals surface area contributed by atoms with Gasteiger partial charge in [0.05, 0.1) is 12.4 Å². The van der Waals surface area contributed by atoms with E-state index < -0.39 is 0 Å². The number of carbonyl (C=O) groups excluding carboxylic acids is 1. The molecule has 0 radical (unpaired) electrons. The second-order valence-corrected chi connectivity index (χ2v) is 7.73. The van der Waals surface area contributed by atoms with E-state index in [2.05, 4.69) is 49.0 Å². The number of piperazine rings is 1. The molecule has 0 unspecified atom stereocenters. The average Bonchev–Trinajstić information content (AvgIpc) is 2.80. The van der Waals surface area contributed by atoms with E-state index >= 15 is 0 Å². The van der Waals surface area contributed by atoms with Gasteiger partial charge in [0, 0.05) is 50.6 Å². The summed E-state index contributed by atoms with van der Waals surface area (Å²) in [5, 5.41) is 2.92. The number of amides is 1. The normalized spacial score (nSPS) is 18.0. The van der Waals surface area contributed by atoms with Gasteiger partial charge in [0.1, 0.15) is 11.5 Å². The summed E-state index contributed by atoms with van der Waals surface area (Å²) in [5.74, 6) is 0.605. The van der Waals surface area contributed by atoms with Gasteiger partial charge in [-0.2, -0.15) is 0 Å². The number of aromatic nitrogens is 2. The summed E-state index contributed by atoms with van der Waals surface area (Å²) >= 11 is 0. The van der Waals surface area contributed by atoms with Crippen molar-refractivity contribution in [2.75, 3.05) is 60.9 Å². The smallest absolute Gasteiger partial charge is 0.275 e. The first kappa shape index (κ1) is 19.6. The van der Waals surface area contributed by atoms with E-state index in [0.29, 0.717) is 5.69 Å². The number of piperidine rings is 1. The molecule has 2 aliphatic rings. The first-order valence-corrected chi connectivity index (χ1v) is 10.7. The maximum atomic E-state index is 12.5. The second-order valence-electron chi connectivity index (χ2n) is 7.73. The molecule has 2 aromatic rings. The highest BCUT2D eigenvalue weighted by Crippen LogP contribution is 2.22. The van der Waals surface area contributed by atoms with Gasteiger partial charge in [-0.25, -0.2) is 9.97 Å². The quantitative estimate of drug-likeness (QED) is 0.841. The fourth-order valence-corrected chi connectivity index (χ4v) is 4.00. The number of nitrogens with one attached hydrogen (secondary N) is 1. The molecule has 7 heteroatoms. The molecule has 29 heavy (non-hydrogen) atoms. The van der Waals surface area contributed by atoms with Crippen LogP contribution in [0.5, 0.6) is 0 Å². The van der Waals surface area contributed by atoms with Crippen LogP contribution in [-0.4, -0.2) is 66.6 Å². The molecule has 1 N–H and O–H groups in total. The van der Waals surface area contributed by atoms with Crippen molar-refractivity contribution in [2.24, 2.45) is 0 Å². The Kier molecular flexibility index (Phi) is 6.24. The van der Waals surface area contributed by atoms with Crippen molar-refractivity contribution in [2.45, 2.75) is 26.2 Å². The molecule has 2 aliphatic heterocycles. The topological polar surface area (TPSA) is 64.6 Å². The van der Waals surface area contributed by atoms with Crippen LogP contribution in [0.1, 0.15) is 36.7 Å². The third-order valence-corrected chi connectivity index (χ3v) is 5.86. The molecule has 7 nitrogen and oxygen atoms in total. The molecule has 4 rings (SSSR count). The van der Waals surface area contributed by atoms with Crippen molar-refractivity contribution in [3.63, 3.8) is 0 Å². The minimum atomic E-state index is -0.231. The van der Waals surface area contributed by atoms with Crippen LogP contribution in [0.3, 0.4) is 0 Å². The fraction of sp³-hybridized carbons (Fsp3) is 0.500. The zero-order valence-electron chi connectivity index (χ0n) is 17.2.